The second kappa shape index (κ2) is 9.76. The first-order valence-corrected chi connectivity index (χ1v) is 18.3. The van der Waals surface area contributed by atoms with Gasteiger partial charge in [0.1, 0.15) is 5.58 Å². The zero-order chi connectivity index (χ0) is 32.5. The number of benzene rings is 7. The molecule has 4 nitrogen and oxygen atoms in total. The van der Waals surface area contributed by atoms with Crippen LogP contribution in [0.25, 0.3) is 112 Å². The summed E-state index contributed by atoms with van der Waals surface area (Å²) >= 11 is 3.72. The minimum absolute atomic E-state index is 0.584. The molecular weight excluding hydrogens is 651 g/mol. The van der Waals surface area contributed by atoms with Gasteiger partial charge < -0.3 is 4.42 Å². The van der Waals surface area contributed by atoms with E-state index >= 15 is 0 Å². The number of furan rings is 1. The molecule has 0 saturated heterocycles. The molecule has 6 heteroatoms. The van der Waals surface area contributed by atoms with Crippen molar-refractivity contribution in [2.24, 2.45) is 0 Å². The molecule has 5 heterocycles. The number of fused-ring (bicyclic) bond motifs is 17. The van der Waals surface area contributed by atoms with E-state index in [1.807, 2.05) is 46.9 Å². The Kier molecular flexibility index (Phi) is 5.23. The van der Waals surface area contributed by atoms with Crippen molar-refractivity contribution in [1.82, 2.24) is 14.5 Å². The molecule has 0 aliphatic rings. The van der Waals surface area contributed by atoms with Crippen LogP contribution in [-0.2, 0) is 0 Å². The van der Waals surface area contributed by atoms with Gasteiger partial charge in [-0.3, -0.25) is 4.57 Å². The molecule has 12 rings (SSSR count). The van der Waals surface area contributed by atoms with Gasteiger partial charge >= 0.3 is 0 Å². The number of thiophene rings is 2. The Bertz CT molecular complexity index is 3380. The van der Waals surface area contributed by atoms with Gasteiger partial charge in [-0.2, -0.15) is 4.98 Å². The fraction of sp³-hybridized carbons (Fsp3) is 0. The van der Waals surface area contributed by atoms with Crippen molar-refractivity contribution in [1.29, 1.82) is 0 Å². The lowest BCUT2D eigenvalue weighted by Crippen LogP contribution is -2.03. The van der Waals surface area contributed by atoms with Crippen molar-refractivity contribution in [3.63, 3.8) is 0 Å². The Morgan fingerprint density at radius 3 is 1.98 bits per heavy atom. The number of hydrogen-bond acceptors (Lipinski definition) is 5. The van der Waals surface area contributed by atoms with E-state index in [1.165, 1.54) is 61.9 Å². The van der Waals surface area contributed by atoms with Crippen LogP contribution >= 0.6 is 22.7 Å². The van der Waals surface area contributed by atoms with Gasteiger partial charge in [-0.1, -0.05) is 109 Å². The first kappa shape index (κ1) is 26.8. The summed E-state index contributed by atoms with van der Waals surface area (Å²) in [5.74, 6) is 0.599. The van der Waals surface area contributed by atoms with Gasteiger partial charge in [-0.25, -0.2) is 4.98 Å². The van der Waals surface area contributed by atoms with Gasteiger partial charge in [0.2, 0.25) is 11.7 Å². The lowest BCUT2D eigenvalue weighted by atomic mass is 9.95. The van der Waals surface area contributed by atoms with Crippen molar-refractivity contribution >= 4 is 118 Å². The van der Waals surface area contributed by atoms with Crippen LogP contribution in [-0.4, -0.2) is 14.5 Å². The standard InChI is InChI=1S/C44H23N3OS2/c1-2-12-24(13-3-1)40-39-26-15-5-9-19-31(26)48-43(39)46-44(45-40)47-30-18-8-4-14-25(30)38-37-29(22-23-34-36(37)28-17-7-10-20-32(28)49-34)35-27-16-6-11-21-33(27)50-42(35)41(38)47/h1-23H. The van der Waals surface area contributed by atoms with Gasteiger partial charge in [-0.05, 0) is 35.7 Å². The fourth-order valence-corrected chi connectivity index (χ4v) is 10.6. The van der Waals surface area contributed by atoms with E-state index in [-0.39, 0.29) is 0 Å². The topological polar surface area (TPSA) is 43.9 Å². The predicted molar refractivity (Wildman–Crippen MR) is 212 cm³/mol. The van der Waals surface area contributed by atoms with Gasteiger partial charge in [-0.15, -0.1) is 22.7 Å². The van der Waals surface area contributed by atoms with Crippen LogP contribution in [0.5, 0.6) is 0 Å². The Balaban J connectivity index is 1.36. The van der Waals surface area contributed by atoms with E-state index in [1.54, 1.807) is 0 Å². The number of nitrogens with zero attached hydrogens (tertiary/aromatic N) is 3. The van der Waals surface area contributed by atoms with Gasteiger partial charge in [0, 0.05) is 62.8 Å². The molecule has 0 saturated carbocycles. The van der Waals surface area contributed by atoms with E-state index in [0.717, 1.165) is 38.6 Å². The molecule has 0 fully saturated rings. The summed E-state index contributed by atoms with van der Waals surface area (Å²) in [4.78, 5) is 10.8. The first-order chi connectivity index (χ1) is 24.8. The average molecular weight is 674 g/mol. The maximum atomic E-state index is 6.52. The van der Waals surface area contributed by atoms with Gasteiger partial charge in [0.05, 0.1) is 26.8 Å². The first-order valence-electron chi connectivity index (χ1n) is 16.7. The summed E-state index contributed by atoms with van der Waals surface area (Å²) in [5.41, 5.74) is 5.48. The summed E-state index contributed by atoms with van der Waals surface area (Å²) in [7, 11) is 0. The van der Waals surface area contributed by atoms with Crippen LogP contribution in [0.4, 0.5) is 0 Å². The SMILES string of the molecule is c1ccc(-c2nc(-n3c4ccccc4c4c5c(ccc6sc7ccccc7c65)c5c6ccccc6sc5c43)nc3oc4ccccc4c23)cc1. The summed E-state index contributed by atoms with van der Waals surface area (Å²) in [6.07, 6.45) is 0. The van der Waals surface area contributed by atoms with Crippen LogP contribution in [0.1, 0.15) is 0 Å². The minimum Gasteiger partial charge on any atom is -0.437 e. The number of hydrogen-bond donors (Lipinski definition) is 0. The molecule has 0 bridgehead atoms. The van der Waals surface area contributed by atoms with Crippen LogP contribution in [0.2, 0.25) is 0 Å². The summed E-state index contributed by atoms with van der Waals surface area (Å²) in [6, 6.07) is 49.6. The van der Waals surface area contributed by atoms with Crippen LogP contribution in [0.3, 0.4) is 0 Å². The normalized spacial score (nSPS) is 12.4. The summed E-state index contributed by atoms with van der Waals surface area (Å²) in [5, 5.41) is 12.1. The third-order valence-electron chi connectivity index (χ3n) is 10.2. The van der Waals surface area contributed by atoms with Crippen LogP contribution in [0, 0.1) is 0 Å². The Morgan fingerprint density at radius 1 is 0.460 bits per heavy atom. The molecule has 7 aromatic carbocycles. The molecule has 0 aliphatic carbocycles. The highest BCUT2D eigenvalue weighted by Gasteiger charge is 2.26. The maximum absolute atomic E-state index is 6.52. The molecule has 0 spiro atoms. The molecule has 50 heavy (non-hydrogen) atoms. The molecule has 0 radical (unpaired) electrons. The lowest BCUT2D eigenvalue weighted by Gasteiger charge is -2.11. The molecule has 0 amide bonds. The van der Waals surface area contributed by atoms with E-state index in [0.29, 0.717) is 11.7 Å². The molecule has 0 N–H and O–H groups in total. The highest BCUT2D eigenvalue weighted by Crippen LogP contribution is 2.51. The van der Waals surface area contributed by atoms with Crippen molar-refractivity contribution < 1.29 is 4.42 Å². The van der Waals surface area contributed by atoms with E-state index < -0.39 is 0 Å². The molecule has 0 aliphatic heterocycles. The van der Waals surface area contributed by atoms with Crippen LogP contribution < -0.4 is 0 Å². The third-order valence-corrected chi connectivity index (χ3v) is 12.5. The summed E-state index contributed by atoms with van der Waals surface area (Å²) < 4.78 is 13.9. The highest BCUT2D eigenvalue weighted by atomic mass is 32.1. The molecular formula is C44H23N3OS2. The molecule has 5 aromatic heterocycles. The van der Waals surface area contributed by atoms with Gasteiger partial charge in [0.25, 0.3) is 0 Å². The average Bonchev–Trinajstić information content (AvgIpc) is 3.93. The smallest absolute Gasteiger partial charge is 0.238 e. The highest BCUT2D eigenvalue weighted by molar-refractivity contribution is 7.27. The maximum Gasteiger partial charge on any atom is 0.238 e. The van der Waals surface area contributed by atoms with Crippen molar-refractivity contribution in [3.05, 3.63) is 140 Å². The summed E-state index contributed by atoms with van der Waals surface area (Å²) in [6.45, 7) is 0. The predicted octanol–water partition coefficient (Wildman–Crippen LogP) is 13.0. The largest absolute Gasteiger partial charge is 0.437 e. The van der Waals surface area contributed by atoms with E-state index in [2.05, 4.69) is 120 Å². The van der Waals surface area contributed by atoms with E-state index in [9.17, 15) is 0 Å². The Morgan fingerprint density at radius 2 is 1.14 bits per heavy atom. The lowest BCUT2D eigenvalue weighted by molar-refractivity contribution is 0.651. The van der Waals surface area contributed by atoms with E-state index in [4.69, 9.17) is 14.4 Å². The molecule has 232 valence electrons. The quantitative estimate of drug-likeness (QED) is 0.183. The van der Waals surface area contributed by atoms with Crippen molar-refractivity contribution in [3.8, 4) is 17.2 Å². The molecule has 12 aromatic rings. The van der Waals surface area contributed by atoms with Crippen molar-refractivity contribution in [2.45, 2.75) is 0 Å². The van der Waals surface area contributed by atoms with Crippen molar-refractivity contribution in [2.75, 3.05) is 0 Å². The number of rotatable bonds is 2. The fourth-order valence-electron chi connectivity index (χ4n) is 8.20. The van der Waals surface area contributed by atoms with Gasteiger partial charge in [0.15, 0.2) is 0 Å². The minimum atomic E-state index is 0.584. The number of para-hydroxylation sites is 2. The zero-order valence-electron chi connectivity index (χ0n) is 26.3. The zero-order valence-corrected chi connectivity index (χ0v) is 28.0. The third kappa shape index (κ3) is 3.44. The molecule has 0 atom stereocenters. The van der Waals surface area contributed by atoms with Crippen LogP contribution in [0.15, 0.2) is 144 Å². The number of aromatic nitrogens is 3. The second-order valence-electron chi connectivity index (χ2n) is 12.9. The second-order valence-corrected chi connectivity index (χ2v) is 15.0. The molecule has 0 unspecified atom stereocenters. The Labute approximate surface area is 292 Å². The monoisotopic (exact) mass is 673 g/mol. The Hall–Kier alpha value is -6.08.